The SMILES string of the molecule is CC(C)N1CC(c2ccc(F)cc2F)N(C)C1=O. The lowest BCUT2D eigenvalue weighted by Crippen LogP contribution is -2.34. The fourth-order valence-corrected chi connectivity index (χ4v) is 2.23. The van der Waals surface area contributed by atoms with E-state index >= 15 is 0 Å². The second kappa shape index (κ2) is 4.55. The molecule has 1 fully saturated rings. The van der Waals surface area contributed by atoms with E-state index in [1.807, 2.05) is 13.8 Å². The normalized spacial score (nSPS) is 20.1. The van der Waals surface area contributed by atoms with Crippen LogP contribution < -0.4 is 0 Å². The maximum Gasteiger partial charge on any atom is 0.320 e. The van der Waals surface area contributed by atoms with Gasteiger partial charge in [-0.15, -0.1) is 0 Å². The highest BCUT2D eigenvalue weighted by Crippen LogP contribution is 2.30. The molecule has 18 heavy (non-hydrogen) atoms. The number of nitrogens with zero attached hydrogens (tertiary/aromatic N) is 2. The summed E-state index contributed by atoms with van der Waals surface area (Å²) >= 11 is 0. The number of halogens is 2. The Morgan fingerprint density at radius 3 is 2.50 bits per heavy atom. The van der Waals surface area contributed by atoms with Crippen molar-refractivity contribution in [2.24, 2.45) is 0 Å². The minimum atomic E-state index is -0.607. The Balaban J connectivity index is 2.32. The van der Waals surface area contributed by atoms with Crippen LogP contribution in [-0.4, -0.2) is 35.5 Å². The van der Waals surface area contributed by atoms with Crippen molar-refractivity contribution >= 4 is 6.03 Å². The minimum Gasteiger partial charge on any atom is -0.320 e. The van der Waals surface area contributed by atoms with Gasteiger partial charge in [0.2, 0.25) is 0 Å². The summed E-state index contributed by atoms with van der Waals surface area (Å²) in [6, 6.07) is 3.05. The Hall–Kier alpha value is -1.65. The van der Waals surface area contributed by atoms with E-state index in [-0.39, 0.29) is 18.1 Å². The monoisotopic (exact) mass is 254 g/mol. The van der Waals surface area contributed by atoms with Gasteiger partial charge in [0.1, 0.15) is 11.6 Å². The second-order valence-electron chi connectivity index (χ2n) is 4.82. The molecule has 0 aromatic heterocycles. The van der Waals surface area contributed by atoms with Crippen molar-refractivity contribution in [1.82, 2.24) is 9.80 Å². The first-order valence-corrected chi connectivity index (χ1v) is 5.90. The molecule has 1 atom stereocenters. The smallest absolute Gasteiger partial charge is 0.320 e. The first kappa shape index (κ1) is 12.8. The van der Waals surface area contributed by atoms with Gasteiger partial charge >= 0.3 is 6.03 Å². The summed E-state index contributed by atoms with van der Waals surface area (Å²) in [5.41, 5.74) is 0.357. The lowest BCUT2D eigenvalue weighted by molar-refractivity contribution is 0.187. The summed E-state index contributed by atoms with van der Waals surface area (Å²) < 4.78 is 26.6. The summed E-state index contributed by atoms with van der Waals surface area (Å²) in [7, 11) is 1.64. The number of hydrogen-bond donors (Lipinski definition) is 0. The third-order valence-corrected chi connectivity index (χ3v) is 3.33. The standard InChI is InChI=1S/C13H16F2N2O/c1-8(2)17-7-12(16(3)13(17)18)10-5-4-9(14)6-11(10)15/h4-6,8,12H,7H2,1-3H3. The van der Waals surface area contributed by atoms with Gasteiger partial charge < -0.3 is 9.80 Å². The van der Waals surface area contributed by atoms with E-state index in [0.717, 1.165) is 6.07 Å². The Bertz CT molecular complexity index is 476. The molecule has 0 spiro atoms. The van der Waals surface area contributed by atoms with E-state index < -0.39 is 11.6 Å². The molecule has 2 rings (SSSR count). The van der Waals surface area contributed by atoms with Gasteiger partial charge in [-0.25, -0.2) is 13.6 Å². The van der Waals surface area contributed by atoms with E-state index in [2.05, 4.69) is 0 Å². The molecular formula is C13H16F2N2O. The molecule has 98 valence electrons. The molecule has 0 bridgehead atoms. The molecule has 1 aliphatic heterocycles. The maximum atomic E-state index is 13.7. The average Bonchev–Trinajstić information content (AvgIpc) is 2.57. The van der Waals surface area contributed by atoms with Crippen LogP contribution in [-0.2, 0) is 0 Å². The first-order chi connectivity index (χ1) is 8.41. The highest BCUT2D eigenvalue weighted by molar-refractivity contribution is 5.77. The molecule has 3 nitrogen and oxygen atoms in total. The first-order valence-electron chi connectivity index (χ1n) is 5.90. The van der Waals surface area contributed by atoms with Gasteiger partial charge in [0.15, 0.2) is 0 Å². The van der Waals surface area contributed by atoms with Gasteiger partial charge in [-0.3, -0.25) is 0 Å². The maximum absolute atomic E-state index is 13.7. The minimum absolute atomic E-state index is 0.0634. The largest absolute Gasteiger partial charge is 0.320 e. The Labute approximate surface area is 105 Å². The van der Waals surface area contributed by atoms with Crippen LogP contribution in [0.2, 0.25) is 0 Å². The topological polar surface area (TPSA) is 23.6 Å². The van der Waals surface area contributed by atoms with Crippen LogP contribution in [0.5, 0.6) is 0 Å². The quantitative estimate of drug-likeness (QED) is 0.796. The van der Waals surface area contributed by atoms with Crippen molar-refractivity contribution < 1.29 is 13.6 Å². The Kier molecular flexibility index (Phi) is 3.24. The molecule has 5 heteroatoms. The van der Waals surface area contributed by atoms with Crippen molar-refractivity contribution in [3.63, 3.8) is 0 Å². The Morgan fingerprint density at radius 2 is 2.00 bits per heavy atom. The zero-order chi connectivity index (χ0) is 13.4. The van der Waals surface area contributed by atoms with Gasteiger partial charge in [0.05, 0.1) is 6.04 Å². The fourth-order valence-electron chi connectivity index (χ4n) is 2.23. The number of amides is 2. The predicted molar refractivity (Wildman–Crippen MR) is 64.1 cm³/mol. The molecule has 1 aromatic rings. The van der Waals surface area contributed by atoms with Crippen LogP contribution in [0.3, 0.4) is 0 Å². The summed E-state index contributed by atoms with van der Waals surface area (Å²) in [5.74, 6) is -1.21. The van der Waals surface area contributed by atoms with Gasteiger partial charge in [-0.2, -0.15) is 0 Å². The van der Waals surface area contributed by atoms with E-state index in [4.69, 9.17) is 0 Å². The van der Waals surface area contributed by atoms with Crippen LogP contribution in [0.4, 0.5) is 13.6 Å². The molecule has 0 radical (unpaired) electrons. The summed E-state index contributed by atoms with van der Waals surface area (Å²) in [4.78, 5) is 15.1. The van der Waals surface area contributed by atoms with Crippen molar-refractivity contribution in [3.8, 4) is 0 Å². The van der Waals surface area contributed by atoms with Crippen LogP contribution in [0.1, 0.15) is 25.5 Å². The van der Waals surface area contributed by atoms with Crippen molar-refractivity contribution in [2.75, 3.05) is 13.6 Å². The summed E-state index contributed by atoms with van der Waals surface area (Å²) in [6.07, 6.45) is 0. The fraction of sp³-hybridized carbons (Fsp3) is 0.462. The molecule has 0 N–H and O–H groups in total. The summed E-state index contributed by atoms with van der Waals surface area (Å²) in [5, 5.41) is 0. The number of carbonyl (C=O) groups is 1. The van der Waals surface area contributed by atoms with E-state index in [9.17, 15) is 13.6 Å². The van der Waals surface area contributed by atoms with Crippen LogP contribution in [0.15, 0.2) is 18.2 Å². The molecule has 0 aliphatic carbocycles. The van der Waals surface area contributed by atoms with Gasteiger partial charge in [0.25, 0.3) is 0 Å². The number of benzene rings is 1. The predicted octanol–water partition coefficient (Wildman–Crippen LogP) is 2.78. The number of hydrogen-bond acceptors (Lipinski definition) is 1. The number of carbonyl (C=O) groups excluding carboxylic acids is 1. The van der Waals surface area contributed by atoms with Crippen molar-refractivity contribution in [2.45, 2.75) is 25.9 Å². The van der Waals surface area contributed by atoms with Crippen LogP contribution in [0, 0.1) is 11.6 Å². The van der Waals surface area contributed by atoms with Gasteiger partial charge in [-0.1, -0.05) is 6.07 Å². The van der Waals surface area contributed by atoms with Gasteiger partial charge in [0, 0.05) is 31.3 Å². The van der Waals surface area contributed by atoms with Crippen molar-refractivity contribution in [1.29, 1.82) is 0 Å². The van der Waals surface area contributed by atoms with Crippen LogP contribution >= 0.6 is 0 Å². The average molecular weight is 254 g/mol. The van der Waals surface area contributed by atoms with E-state index in [1.54, 1.807) is 11.9 Å². The van der Waals surface area contributed by atoms with E-state index in [1.165, 1.54) is 17.0 Å². The third-order valence-electron chi connectivity index (χ3n) is 3.33. The number of likely N-dealkylation sites (N-methyl/N-ethyl adjacent to an activating group) is 1. The lowest BCUT2D eigenvalue weighted by Gasteiger charge is -2.19. The highest BCUT2D eigenvalue weighted by Gasteiger charge is 2.37. The molecule has 1 aromatic carbocycles. The molecule has 1 heterocycles. The number of rotatable bonds is 2. The molecule has 1 saturated heterocycles. The highest BCUT2D eigenvalue weighted by atomic mass is 19.1. The zero-order valence-electron chi connectivity index (χ0n) is 10.7. The lowest BCUT2D eigenvalue weighted by atomic mass is 10.1. The molecule has 1 unspecified atom stereocenters. The number of urea groups is 1. The van der Waals surface area contributed by atoms with E-state index in [0.29, 0.717) is 12.1 Å². The third kappa shape index (κ3) is 2.05. The molecule has 0 saturated carbocycles. The summed E-state index contributed by atoms with van der Waals surface area (Å²) in [6.45, 7) is 4.25. The van der Waals surface area contributed by atoms with Crippen LogP contribution in [0.25, 0.3) is 0 Å². The second-order valence-corrected chi connectivity index (χ2v) is 4.82. The Morgan fingerprint density at radius 1 is 1.33 bits per heavy atom. The zero-order valence-corrected chi connectivity index (χ0v) is 10.7. The van der Waals surface area contributed by atoms with Gasteiger partial charge in [-0.05, 0) is 19.9 Å². The molecule has 1 aliphatic rings. The van der Waals surface area contributed by atoms with Crippen molar-refractivity contribution in [3.05, 3.63) is 35.4 Å². The molecular weight excluding hydrogens is 238 g/mol. The molecule has 2 amide bonds.